The number of hydrogen-bond donors (Lipinski definition) is 1. The van der Waals surface area contributed by atoms with Crippen molar-refractivity contribution in [3.8, 4) is 5.75 Å². The summed E-state index contributed by atoms with van der Waals surface area (Å²) in [6, 6.07) is 12.0. The minimum absolute atomic E-state index is 0.0493. The lowest BCUT2D eigenvalue weighted by molar-refractivity contribution is -0.139. The van der Waals surface area contributed by atoms with Crippen LogP contribution in [-0.4, -0.2) is 34.8 Å². The van der Waals surface area contributed by atoms with Crippen LogP contribution in [-0.2, 0) is 16.0 Å². The lowest BCUT2D eigenvalue weighted by atomic mass is 9.94. The van der Waals surface area contributed by atoms with Gasteiger partial charge in [-0.15, -0.1) is 0 Å². The number of nitrogens with zero attached hydrogens (tertiary/aromatic N) is 1. The Morgan fingerprint density at radius 2 is 1.80 bits per heavy atom. The molecule has 5 nitrogen and oxygen atoms in total. The lowest BCUT2D eigenvalue weighted by Gasteiger charge is -2.25. The Kier molecular flexibility index (Phi) is 6.83. The van der Waals surface area contributed by atoms with E-state index in [0.717, 1.165) is 17.5 Å². The van der Waals surface area contributed by atoms with Crippen molar-refractivity contribution in [2.45, 2.75) is 39.7 Å². The maximum absolute atomic E-state index is 13.0. The zero-order valence-electron chi connectivity index (χ0n) is 17.4. The molecule has 1 saturated heterocycles. The first-order chi connectivity index (χ1) is 14.4. The molecule has 0 aromatic heterocycles. The second kappa shape index (κ2) is 9.35. The van der Waals surface area contributed by atoms with Crippen LogP contribution in [0.3, 0.4) is 0 Å². The van der Waals surface area contributed by atoms with Crippen LogP contribution >= 0.6 is 11.6 Å². The van der Waals surface area contributed by atoms with Crippen molar-refractivity contribution in [2.75, 3.05) is 13.2 Å². The van der Waals surface area contributed by atoms with Crippen LogP contribution in [0.1, 0.15) is 49.9 Å². The minimum atomic E-state index is -0.705. The molecule has 30 heavy (non-hydrogen) atoms. The van der Waals surface area contributed by atoms with Crippen LogP contribution in [0, 0.1) is 0 Å². The van der Waals surface area contributed by atoms with E-state index in [1.807, 2.05) is 38.1 Å². The molecule has 1 atom stereocenters. The number of carbonyl (C=O) groups excluding carboxylic acids is 2. The Morgan fingerprint density at radius 3 is 2.40 bits per heavy atom. The zero-order valence-corrected chi connectivity index (χ0v) is 18.2. The SMILES string of the molecule is CCCN1C(=O)C(=O)/C(=C(/O)c2cc(OCC)ccc2Cl)C1c1ccc(CC)cc1. The first kappa shape index (κ1) is 21.9. The third-order valence-corrected chi connectivity index (χ3v) is 5.54. The Labute approximate surface area is 181 Å². The second-order valence-electron chi connectivity index (χ2n) is 7.16. The number of rotatable bonds is 7. The molecule has 0 radical (unpaired) electrons. The molecule has 6 heteroatoms. The molecule has 0 bridgehead atoms. The number of ketones is 1. The summed E-state index contributed by atoms with van der Waals surface area (Å²) < 4.78 is 5.50. The van der Waals surface area contributed by atoms with Crippen LogP contribution in [0.25, 0.3) is 5.76 Å². The number of halogens is 1. The summed E-state index contributed by atoms with van der Waals surface area (Å²) in [4.78, 5) is 27.2. The van der Waals surface area contributed by atoms with E-state index < -0.39 is 17.7 Å². The van der Waals surface area contributed by atoms with Gasteiger partial charge in [-0.1, -0.05) is 49.7 Å². The fourth-order valence-electron chi connectivity index (χ4n) is 3.72. The number of amides is 1. The van der Waals surface area contributed by atoms with E-state index >= 15 is 0 Å². The fourth-order valence-corrected chi connectivity index (χ4v) is 3.93. The standard InChI is InChI=1S/C24H26ClNO4/c1-4-13-26-21(16-9-7-15(5-2)8-10-16)20(23(28)24(26)29)22(27)18-14-17(30-6-3)11-12-19(18)25/h7-12,14,21,27H,4-6,13H2,1-3H3/b22-20+. The normalized spacial score (nSPS) is 18.1. The van der Waals surface area contributed by atoms with Crippen LogP contribution < -0.4 is 4.74 Å². The van der Waals surface area contributed by atoms with Gasteiger partial charge in [-0.25, -0.2) is 0 Å². The third-order valence-electron chi connectivity index (χ3n) is 5.21. The van der Waals surface area contributed by atoms with Crippen LogP contribution in [0.4, 0.5) is 0 Å². The Balaban J connectivity index is 2.18. The summed E-state index contributed by atoms with van der Waals surface area (Å²) in [5.74, 6) is -1.08. The first-order valence-electron chi connectivity index (χ1n) is 10.2. The summed E-state index contributed by atoms with van der Waals surface area (Å²) in [5.41, 5.74) is 2.25. The zero-order chi connectivity index (χ0) is 21.8. The van der Waals surface area contributed by atoms with E-state index in [0.29, 0.717) is 25.3 Å². The average molecular weight is 428 g/mol. The molecule has 0 aliphatic carbocycles. The van der Waals surface area contributed by atoms with Gasteiger partial charge in [0.05, 0.1) is 23.2 Å². The molecule has 1 aliphatic heterocycles. The highest BCUT2D eigenvalue weighted by Gasteiger charge is 2.45. The van der Waals surface area contributed by atoms with Crippen molar-refractivity contribution in [1.29, 1.82) is 0 Å². The third kappa shape index (κ3) is 4.08. The van der Waals surface area contributed by atoms with Gasteiger partial charge in [-0.2, -0.15) is 0 Å². The molecule has 0 spiro atoms. The number of benzene rings is 2. The molecular weight excluding hydrogens is 402 g/mol. The van der Waals surface area contributed by atoms with Gasteiger partial charge in [0, 0.05) is 12.1 Å². The summed E-state index contributed by atoms with van der Waals surface area (Å²) in [5, 5.41) is 11.4. The van der Waals surface area contributed by atoms with Crippen molar-refractivity contribution < 1.29 is 19.4 Å². The highest BCUT2D eigenvalue weighted by atomic mass is 35.5. The number of aliphatic hydroxyl groups excluding tert-OH is 1. The molecule has 1 N–H and O–H groups in total. The van der Waals surface area contributed by atoms with Crippen LogP contribution in [0.2, 0.25) is 5.02 Å². The van der Waals surface area contributed by atoms with Crippen molar-refractivity contribution in [3.63, 3.8) is 0 Å². The predicted molar refractivity (Wildman–Crippen MR) is 118 cm³/mol. The molecule has 1 heterocycles. The maximum Gasteiger partial charge on any atom is 0.295 e. The monoisotopic (exact) mass is 427 g/mol. The number of hydrogen-bond acceptors (Lipinski definition) is 4. The van der Waals surface area contributed by atoms with E-state index in [-0.39, 0.29) is 21.9 Å². The van der Waals surface area contributed by atoms with E-state index in [4.69, 9.17) is 16.3 Å². The highest BCUT2D eigenvalue weighted by Crippen LogP contribution is 2.41. The number of ether oxygens (including phenoxy) is 1. The Morgan fingerprint density at radius 1 is 1.10 bits per heavy atom. The van der Waals surface area contributed by atoms with Gasteiger partial charge < -0.3 is 14.7 Å². The molecule has 0 saturated carbocycles. The molecule has 1 fully saturated rings. The average Bonchev–Trinajstić information content (AvgIpc) is 3.00. The van der Waals surface area contributed by atoms with Gasteiger partial charge in [0.15, 0.2) is 0 Å². The first-order valence-corrected chi connectivity index (χ1v) is 10.6. The number of aliphatic hydroxyl groups is 1. The number of carbonyl (C=O) groups is 2. The molecule has 2 aromatic rings. The molecule has 1 amide bonds. The fraction of sp³-hybridized carbons (Fsp3) is 0.333. The van der Waals surface area contributed by atoms with Crippen LogP contribution in [0.5, 0.6) is 5.75 Å². The van der Waals surface area contributed by atoms with Crippen LogP contribution in [0.15, 0.2) is 48.0 Å². The lowest BCUT2D eigenvalue weighted by Crippen LogP contribution is -2.30. The number of likely N-dealkylation sites (tertiary alicyclic amines) is 1. The molecular formula is C24H26ClNO4. The van der Waals surface area contributed by atoms with Crippen molar-refractivity contribution in [1.82, 2.24) is 4.90 Å². The van der Waals surface area contributed by atoms with E-state index in [1.54, 1.807) is 18.2 Å². The summed E-state index contributed by atoms with van der Waals surface area (Å²) >= 11 is 6.33. The summed E-state index contributed by atoms with van der Waals surface area (Å²) in [6.07, 6.45) is 1.58. The largest absolute Gasteiger partial charge is 0.507 e. The Bertz CT molecular complexity index is 981. The summed E-state index contributed by atoms with van der Waals surface area (Å²) in [6.45, 7) is 6.72. The second-order valence-corrected chi connectivity index (χ2v) is 7.57. The van der Waals surface area contributed by atoms with Gasteiger partial charge in [0.25, 0.3) is 11.7 Å². The predicted octanol–water partition coefficient (Wildman–Crippen LogP) is 5.13. The van der Waals surface area contributed by atoms with Gasteiger partial charge in [0.2, 0.25) is 0 Å². The number of Topliss-reactive ketones (excluding diaryl/α,β-unsaturated/α-hetero) is 1. The van der Waals surface area contributed by atoms with Gasteiger partial charge in [-0.3, -0.25) is 9.59 Å². The van der Waals surface area contributed by atoms with E-state index in [1.165, 1.54) is 4.90 Å². The van der Waals surface area contributed by atoms with Gasteiger partial charge >= 0.3 is 0 Å². The Hall–Kier alpha value is -2.79. The maximum atomic E-state index is 13.0. The highest BCUT2D eigenvalue weighted by molar-refractivity contribution is 6.47. The minimum Gasteiger partial charge on any atom is -0.507 e. The van der Waals surface area contributed by atoms with Gasteiger partial charge in [0.1, 0.15) is 11.5 Å². The smallest absolute Gasteiger partial charge is 0.295 e. The molecule has 1 unspecified atom stereocenters. The van der Waals surface area contributed by atoms with Crippen molar-refractivity contribution >= 4 is 29.1 Å². The topological polar surface area (TPSA) is 66.8 Å². The number of aryl methyl sites for hydroxylation is 1. The van der Waals surface area contributed by atoms with E-state index in [9.17, 15) is 14.7 Å². The van der Waals surface area contributed by atoms with Crippen molar-refractivity contribution in [3.05, 3.63) is 69.8 Å². The molecule has 1 aliphatic rings. The summed E-state index contributed by atoms with van der Waals surface area (Å²) in [7, 11) is 0. The quantitative estimate of drug-likeness (QED) is 0.377. The van der Waals surface area contributed by atoms with E-state index in [2.05, 4.69) is 6.92 Å². The molecule has 158 valence electrons. The van der Waals surface area contributed by atoms with Gasteiger partial charge in [-0.05, 0) is 49.1 Å². The van der Waals surface area contributed by atoms with Crippen molar-refractivity contribution in [2.24, 2.45) is 0 Å². The molecule has 3 rings (SSSR count). The molecule has 2 aromatic carbocycles.